The van der Waals surface area contributed by atoms with Crippen LogP contribution in [0.25, 0.3) is 0 Å². The van der Waals surface area contributed by atoms with E-state index in [9.17, 15) is 14.0 Å². The van der Waals surface area contributed by atoms with Crippen molar-refractivity contribution in [1.82, 2.24) is 4.90 Å². The minimum atomic E-state index is -0.587. The number of anilines is 1. The summed E-state index contributed by atoms with van der Waals surface area (Å²) in [6.07, 6.45) is 2.25. The molecule has 1 aliphatic rings. The Balaban J connectivity index is 1.77. The highest BCUT2D eigenvalue weighted by molar-refractivity contribution is 6.42. The van der Waals surface area contributed by atoms with Crippen molar-refractivity contribution in [1.29, 1.82) is 0 Å². The molecule has 1 heterocycles. The summed E-state index contributed by atoms with van der Waals surface area (Å²) in [5.74, 6) is -0.966. The molecule has 1 aliphatic heterocycles. The van der Waals surface area contributed by atoms with Crippen LogP contribution in [0.4, 0.5) is 10.1 Å². The molecule has 2 amide bonds. The van der Waals surface area contributed by atoms with E-state index in [1.807, 2.05) is 0 Å². The van der Waals surface area contributed by atoms with E-state index in [4.69, 9.17) is 23.2 Å². The van der Waals surface area contributed by atoms with Gasteiger partial charge in [-0.3, -0.25) is 9.59 Å². The number of benzene rings is 2. The van der Waals surface area contributed by atoms with Crippen molar-refractivity contribution in [2.24, 2.45) is 0 Å². The molecule has 0 spiro atoms. The molecule has 26 heavy (non-hydrogen) atoms. The fourth-order valence-corrected chi connectivity index (χ4v) is 3.30. The molecule has 1 unspecified atom stereocenters. The van der Waals surface area contributed by atoms with Gasteiger partial charge < -0.3 is 10.2 Å². The second-order valence-electron chi connectivity index (χ2n) is 6.14. The van der Waals surface area contributed by atoms with Gasteiger partial charge in [-0.1, -0.05) is 23.2 Å². The molecule has 0 aliphatic carbocycles. The van der Waals surface area contributed by atoms with E-state index in [0.717, 1.165) is 12.8 Å². The van der Waals surface area contributed by atoms with Crippen molar-refractivity contribution in [3.8, 4) is 0 Å². The van der Waals surface area contributed by atoms with Crippen LogP contribution in [-0.2, 0) is 4.79 Å². The number of piperidine rings is 1. The topological polar surface area (TPSA) is 49.4 Å². The zero-order valence-corrected chi connectivity index (χ0v) is 15.4. The Morgan fingerprint density at radius 3 is 2.46 bits per heavy atom. The standard InChI is InChI=1S/C19H17Cl2FN2O2/c20-15-9-8-14(11-16(15)21)23-18(25)17-3-1-2-10-24(17)19(26)12-4-6-13(22)7-5-12/h4-9,11,17H,1-3,10H2,(H,23,25). The molecule has 0 radical (unpaired) electrons. The first-order valence-corrected chi connectivity index (χ1v) is 9.04. The quantitative estimate of drug-likeness (QED) is 0.814. The zero-order valence-electron chi connectivity index (χ0n) is 13.8. The maximum Gasteiger partial charge on any atom is 0.254 e. The molecule has 0 aromatic heterocycles. The molecule has 3 rings (SSSR count). The van der Waals surface area contributed by atoms with Gasteiger partial charge in [-0.2, -0.15) is 0 Å². The first-order valence-electron chi connectivity index (χ1n) is 8.28. The van der Waals surface area contributed by atoms with Crippen LogP contribution in [0, 0.1) is 5.82 Å². The maximum atomic E-state index is 13.1. The number of hydrogen-bond donors (Lipinski definition) is 1. The number of nitrogens with zero attached hydrogens (tertiary/aromatic N) is 1. The average Bonchev–Trinajstić information content (AvgIpc) is 2.65. The summed E-state index contributed by atoms with van der Waals surface area (Å²) in [7, 11) is 0. The molecule has 4 nitrogen and oxygen atoms in total. The van der Waals surface area contributed by atoms with E-state index < -0.39 is 11.9 Å². The van der Waals surface area contributed by atoms with Gasteiger partial charge in [0, 0.05) is 17.8 Å². The number of hydrogen-bond acceptors (Lipinski definition) is 2. The van der Waals surface area contributed by atoms with Crippen LogP contribution in [0.5, 0.6) is 0 Å². The lowest BCUT2D eigenvalue weighted by Crippen LogP contribution is -2.50. The number of likely N-dealkylation sites (tertiary alicyclic amines) is 1. The molecule has 2 aromatic rings. The largest absolute Gasteiger partial charge is 0.327 e. The Morgan fingerprint density at radius 1 is 1.04 bits per heavy atom. The van der Waals surface area contributed by atoms with Crippen LogP contribution >= 0.6 is 23.2 Å². The Bertz CT molecular complexity index is 827. The second kappa shape index (κ2) is 8.06. The molecular weight excluding hydrogens is 378 g/mol. The van der Waals surface area contributed by atoms with Crippen molar-refractivity contribution in [2.45, 2.75) is 25.3 Å². The fourth-order valence-electron chi connectivity index (χ4n) is 3.00. The Kier molecular flexibility index (Phi) is 5.79. The Hall–Kier alpha value is -2.11. The highest BCUT2D eigenvalue weighted by atomic mass is 35.5. The van der Waals surface area contributed by atoms with Gasteiger partial charge in [0.2, 0.25) is 5.91 Å². The summed E-state index contributed by atoms with van der Waals surface area (Å²) in [5, 5.41) is 3.53. The van der Waals surface area contributed by atoms with Crippen molar-refractivity contribution in [2.75, 3.05) is 11.9 Å². The lowest BCUT2D eigenvalue weighted by atomic mass is 10.00. The highest BCUT2D eigenvalue weighted by Crippen LogP contribution is 2.26. The SMILES string of the molecule is O=C(Nc1ccc(Cl)c(Cl)c1)C1CCCCN1C(=O)c1ccc(F)cc1. The Labute approximate surface area is 160 Å². The Morgan fingerprint density at radius 2 is 1.77 bits per heavy atom. The van der Waals surface area contributed by atoms with Crippen molar-refractivity contribution in [3.05, 3.63) is 63.9 Å². The van der Waals surface area contributed by atoms with Gasteiger partial charge in [-0.05, 0) is 61.7 Å². The van der Waals surface area contributed by atoms with E-state index in [0.29, 0.717) is 34.3 Å². The first-order chi connectivity index (χ1) is 12.5. The minimum absolute atomic E-state index is 0.279. The third kappa shape index (κ3) is 4.17. The van der Waals surface area contributed by atoms with Crippen molar-refractivity contribution in [3.63, 3.8) is 0 Å². The van der Waals surface area contributed by atoms with E-state index >= 15 is 0 Å². The highest BCUT2D eigenvalue weighted by Gasteiger charge is 2.32. The number of halogens is 3. The summed E-state index contributed by atoms with van der Waals surface area (Å²) in [4.78, 5) is 27.0. The fraction of sp³-hybridized carbons (Fsp3) is 0.263. The number of rotatable bonds is 3. The molecule has 0 saturated carbocycles. The number of amides is 2. The van der Waals surface area contributed by atoms with Crippen LogP contribution in [0.2, 0.25) is 10.0 Å². The third-order valence-corrected chi connectivity index (χ3v) is 5.08. The van der Waals surface area contributed by atoms with Gasteiger partial charge in [-0.15, -0.1) is 0 Å². The zero-order chi connectivity index (χ0) is 18.7. The van der Waals surface area contributed by atoms with E-state index in [2.05, 4.69) is 5.32 Å². The van der Waals surface area contributed by atoms with Gasteiger partial charge in [-0.25, -0.2) is 4.39 Å². The smallest absolute Gasteiger partial charge is 0.254 e. The van der Waals surface area contributed by atoms with Gasteiger partial charge in [0.1, 0.15) is 11.9 Å². The third-order valence-electron chi connectivity index (χ3n) is 4.34. The maximum absolute atomic E-state index is 13.1. The molecule has 1 atom stereocenters. The van der Waals surface area contributed by atoms with Gasteiger partial charge in [0.25, 0.3) is 5.91 Å². The molecule has 2 aromatic carbocycles. The van der Waals surface area contributed by atoms with Gasteiger partial charge >= 0.3 is 0 Å². The van der Waals surface area contributed by atoms with Gasteiger partial charge in [0.05, 0.1) is 10.0 Å². The van der Waals surface area contributed by atoms with E-state index in [-0.39, 0.29) is 11.8 Å². The normalized spacial score (nSPS) is 17.0. The predicted octanol–water partition coefficient (Wildman–Crippen LogP) is 4.77. The van der Waals surface area contributed by atoms with Crippen LogP contribution in [-0.4, -0.2) is 29.3 Å². The second-order valence-corrected chi connectivity index (χ2v) is 6.95. The molecule has 7 heteroatoms. The number of carbonyl (C=O) groups is 2. The molecule has 1 fully saturated rings. The molecule has 0 bridgehead atoms. The van der Waals surface area contributed by atoms with E-state index in [1.54, 1.807) is 23.1 Å². The summed E-state index contributed by atoms with van der Waals surface area (Å²) in [5.41, 5.74) is 0.879. The molecule has 1 N–H and O–H groups in total. The van der Waals surface area contributed by atoms with Crippen LogP contribution in [0.1, 0.15) is 29.6 Å². The lowest BCUT2D eigenvalue weighted by molar-refractivity contribution is -0.121. The molecular formula is C19H17Cl2FN2O2. The number of nitrogens with one attached hydrogen (secondary N) is 1. The predicted molar refractivity (Wildman–Crippen MR) is 100 cm³/mol. The first kappa shape index (κ1) is 18.7. The molecule has 136 valence electrons. The number of carbonyl (C=O) groups excluding carboxylic acids is 2. The monoisotopic (exact) mass is 394 g/mol. The lowest BCUT2D eigenvalue weighted by Gasteiger charge is -2.34. The van der Waals surface area contributed by atoms with Crippen molar-refractivity contribution >= 4 is 40.7 Å². The van der Waals surface area contributed by atoms with Crippen LogP contribution in [0.3, 0.4) is 0 Å². The average molecular weight is 395 g/mol. The summed E-state index contributed by atoms with van der Waals surface area (Å²) < 4.78 is 13.1. The summed E-state index contributed by atoms with van der Waals surface area (Å²) in [6, 6.07) is 9.57. The van der Waals surface area contributed by atoms with Gasteiger partial charge in [0.15, 0.2) is 0 Å². The van der Waals surface area contributed by atoms with Crippen LogP contribution < -0.4 is 5.32 Å². The van der Waals surface area contributed by atoms with E-state index in [1.165, 1.54) is 24.3 Å². The summed E-state index contributed by atoms with van der Waals surface area (Å²) in [6.45, 7) is 0.482. The minimum Gasteiger partial charge on any atom is -0.327 e. The molecule has 1 saturated heterocycles. The summed E-state index contributed by atoms with van der Waals surface area (Å²) >= 11 is 11.9. The van der Waals surface area contributed by atoms with Crippen LogP contribution in [0.15, 0.2) is 42.5 Å². The van der Waals surface area contributed by atoms with Crippen molar-refractivity contribution < 1.29 is 14.0 Å².